The Labute approximate surface area is 150 Å². The number of aromatic nitrogens is 3. The van der Waals surface area contributed by atoms with Crippen LogP contribution in [-0.2, 0) is 7.05 Å². The van der Waals surface area contributed by atoms with Crippen molar-refractivity contribution in [1.82, 2.24) is 14.5 Å². The molecule has 0 aliphatic heterocycles. The van der Waals surface area contributed by atoms with Gasteiger partial charge in [-0.1, -0.05) is 35.9 Å². The van der Waals surface area contributed by atoms with Crippen LogP contribution >= 0.6 is 11.6 Å². The Morgan fingerprint density at radius 3 is 2.60 bits per heavy atom. The summed E-state index contributed by atoms with van der Waals surface area (Å²) in [5, 5.41) is 10.4. The molecule has 0 aliphatic rings. The molecular formula is C20H13ClN4. The highest BCUT2D eigenvalue weighted by atomic mass is 35.5. The van der Waals surface area contributed by atoms with Crippen LogP contribution < -0.4 is 0 Å². The highest BCUT2D eigenvalue weighted by molar-refractivity contribution is 6.33. The van der Waals surface area contributed by atoms with E-state index in [1.165, 1.54) is 0 Å². The highest BCUT2D eigenvalue weighted by Crippen LogP contribution is 2.35. The lowest BCUT2D eigenvalue weighted by Crippen LogP contribution is -1.96. The predicted octanol–water partition coefficient (Wildman–Crippen LogP) is 4.83. The van der Waals surface area contributed by atoms with Crippen molar-refractivity contribution in [3.8, 4) is 28.6 Å². The lowest BCUT2D eigenvalue weighted by atomic mass is 9.99. The molecule has 0 amide bonds. The summed E-state index contributed by atoms with van der Waals surface area (Å²) < 4.78 is 1.94. The van der Waals surface area contributed by atoms with Gasteiger partial charge in [0.05, 0.1) is 16.6 Å². The maximum Gasteiger partial charge on any atom is 0.142 e. The monoisotopic (exact) mass is 344 g/mol. The predicted molar refractivity (Wildman–Crippen MR) is 99.1 cm³/mol. The minimum atomic E-state index is 0.566. The zero-order valence-corrected chi connectivity index (χ0v) is 14.2. The number of hydrogen-bond acceptors (Lipinski definition) is 3. The SMILES string of the molecule is Cn1c(-c2cccnc2)nc2ccc(-c3ccccc3Cl)c(C#N)c21. The third-order valence-corrected chi connectivity index (χ3v) is 4.56. The molecule has 0 N–H and O–H groups in total. The Bertz CT molecular complexity index is 1120. The van der Waals surface area contributed by atoms with Gasteiger partial charge in [0.1, 0.15) is 11.9 Å². The average molecular weight is 345 g/mol. The molecule has 2 aromatic carbocycles. The third kappa shape index (κ3) is 2.46. The van der Waals surface area contributed by atoms with Crippen LogP contribution in [0.25, 0.3) is 33.5 Å². The third-order valence-electron chi connectivity index (χ3n) is 4.23. The lowest BCUT2D eigenvalue weighted by molar-refractivity contribution is 0.956. The molecule has 0 radical (unpaired) electrons. The van der Waals surface area contributed by atoms with Crippen molar-refractivity contribution in [3.63, 3.8) is 0 Å². The second kappa shape index (κ2) is 6.04. The van der Waals surface area contributed by atoms with Crippen LogP contribution in [0.5, 0.6) is 0 Å². The van der Waals surface area contributed by atoms with Gasteiger partial charge in [-0.3, -0.25) is 4.98 Å². The Morgan fingerprint density at radius 2 is 1.88 bits per heavy atom. The van der Waals surface area contributed by atoms with E-state index in [1.54, 1.807) is 12.4 Å². The molecule has 4 aromatic rings. The quantitative estimate of drug-likeness (QED) is 0.523. The minimum Gasteiger partial charge on any atom is -0.326 e. The van der Waals surface area contributed by atoms with Crippen LogP contribution in [0.2, 0.25) is 5.02 Å². The fourth-order valence-corrected chi connectivity index (χ4v) is 3.31. The normalized spacial score (nSPS) is 10.8. The number of aryl methyl sites for hydroxylation is 1. The van der Waals surface area contributed by atoms with E-state index in [2.05, 4.69) is 16.0 Å². The maximum absolute atomic E-state index is 9.83. The van der Waals surface area contributed by atoms with Gasteiger partial charge < -0.3 is 4.57 Å². The number of pyridine rings is 1. The van der Waals surface area contributed by atoms with Crippen molar-refractivity contribution in [2.75, 3.05) is 0 Å². The first-order valence-electron chi connectivity index (χ1n) is 7.75. The van der Waals surface area contributed by atoms with Gasteiger partial charge in [-0.25, -0.2) is 4.98 Å². The first kappa shape index (κ1) is 15.4. The Balaban J connectivity index is 2.03. The molecule has 0 fully saturated rings. The fraction of sp³-hybridized carbons (Fsp3) is 0.0500. The zero-order valence-electron chi connectivity index (χ0n) is 13.4. The second-order valence-corrected chi connectivity index (χ2v) is 6.09. The summed E-state index contributed by atoms with van der Waals surface area (Å²) in [6.07, 6.45) is 3.49. The molecule has 2 aromatic heterocycles. The molecule has 5 heteroatoms. The number of nitriles is 1. The van der Waals surface area contributed by atoms with E-state index in [0.29, 0.717) is 10.6 Å². The van der Waals surface area contributed by atoms with Crippen molar-refractivity contribution in [2.45, 2.75) is 0 Å². The number of benzene rings is 2. The number of halogens is 1. The van der Waals surface area contributed by atoms with E-state index in [1.807, 2.05) is 60.1 Å². The summed E-state index contributed by atoms with van der Waals surface area (Å²) in [7, 11) is 1.91. The molecule has 0 saturated heterocycles. The molecule has 0 saturated carbocycles. The van der Waals surface area contributed by atoms with Gasteiger partial charge in [0.15, 0.2) is 0 Å². The van der Waals surface area contributed by atoms with E-state index in [4.69, 9.17) is 11.6 Å². The minimum absolute atomic E-state index is 0.566. The van der Waals surface area contributed by atoms with Crippen LogP contribution in [0.15, 0.2) is 60.9 Å². The number of rotatable bonds is 2. The molecule has 0 bridgehead atoms. The smallest absolute Gasteiger partial charge is 0.142 e. The van der Waals surface area contributed by atoms with Gasteiger partial charge in [0, 0.05) is 41.2 Å². The number of nitrogens with zero attached hydrogens (tertiary/aromatic N) is 4. The van der Waals surface area contributed by atoms with Gasteiger partial charge in [-0.05, 0) is 24.3 Å². The van der Waals surface area contributed by atoms with Gasteiger partial charge in [0.2, 0.25) is 0 Å². The molecule has 4 nitrogen and oxygen atoms in total. The summed E-state index contributed by atoms with van der Waals surface area (Å²) >= 11 is 6.34. The number of hydrogen-bond donors (Lipinski definition) is 0. The Morgan fingerprint density at radius 1 is 1.04 bits per heavy atom. The molecule has 0 aliphatic carbocycles. The lowest BCUT2D eigenvalue weighted by Gasteiger charge is -2.09. The van der Waals surface area contributed by atoms with Gasteiger partial charge in [-0.15, -0.1) is 0 Å². The maximum atomic E-state index is 9.83. The first-order valence-corrected chi connectivity index (χ1v) is 8.13. The summed E-state index contributed by atoms with van der Waals surface area (Å²) in [6.45, 7) is 0. The standard InChI is InChI=1S/C20H13ClN4/c1-25-19-16(11-22)14(15-6-2-3-7-17(15)21)8-9-18(19)24-20(25)13-5-4-10-23-12-13/h2-10,12H,1H3. The van der Waals surface area contributed by atoms with E-state index >= 15 is 0 Å². The van der Waals surface area contributed by atoms with Gasteiger partial charge in [-0.2, -0.15) is 5.26 Å². The molecular weight excluding hydrogens is 332 g/mol. The molecule has 2 heterocycles. The summed E-state index contributed by atoms with van der Waals surface area (Å²) in [4.78, 5) is 8.84. The van der Waals surface area contributed by atoms with Gasteiger partial charge in [0.25, 0.3) is 0 Å². The second-order valence-electron chi connectivity index (χ2n) is 5.68. The number of imidazole rings is 1. The van der Waals surface area contributed by atoms with E-state index in [0.717, 1.165) is 33.5 Å². The van der Waals surface area contributed by atoms with Crippen LogP contribution in [0.4, 0.5) is 0 Å². The van der Waals surface area contributed by atoms with Crippen molar-refractivity contribution in [1.29, 1.82) is 5.26 Å². The molecule has 4 rings (SSSR count). The van der Waals surface area contributed by atoms with Crippen LogP contribution in [-0.4, -0.2) is 14.5 Å². The summed E-state index contributed by atoms with van der Waals surface area (Å²) in [5.41, 5.74) is 4.68. The Kier molecular flexibility index (Phi) is 3.72. The van der Waals surface area contributed by atoms with Crippen molar-refractivity contribution in [3.05, 3.63) is 71.5 Å². The van der Waals surface area contributed by atoms with Crippen LogP contribution in [0.3, 0.4) is 0 Å². The topological polar surface area (TPSA) is 54.5 Å². The van der Waals surface area contributed by atoms with E-state index < -0.39 is 0 Å². The molecule has 0 unspecified atom stereocenters. The van der Waals surface area contributed by atoms with Crippen molar-refractivity contribution in [2.24, 2.45) is 7.05 Å². The van der Waals surface area contributed by atoms with Crippen LogP contribution in [0, 0.1) is 11.3 Å². The zero-order chi connectivity index (χ0) is 17.4. The van der Waals surface area contributed by atoms with Crippen LogP contribution in [0.1, 0.15) is 5.56 Å². The average Bonchev–Trinajstić information content (AvgIpc) is 2.99. The largest absolute Gasteiger partial charge is 0.326 e. The van der Waals surface area contributed by atoms with Crippen molar-refractivity contribution >= 4 is 22.6 Å². The summed E-state index contributed by atoms with van der Waals surface area (Å²) in [5.74, 6) is 0.774. The Hall–Kier alpha value is -3.16. The molecule has 25 heavy (non-hydrogen) atoms. The van der Waals surface area contributed by atoms with Crippen molar-refractivity contribution < 1.29 is 0 Å². The van der Waals surface area contributed by atoms with E-state index in [9.17, 15) is 5.26 Å². The highest BCUT2D eigenvalue weighted by Gasteiger charge is 2.18. The van der Waals surface area contributed by atoms with E-state index in [-0.39, 0.29) is 0 Å². The first-order chi connectivity index (χ1) is 12.2. The number of fused-ring (bicyclic) bond motifs is 1. The fourth-order valence-electron chi connectivity index (χ4n) is 3.08. The molecule has 0 atom stereocenters. The van der Waals surface area contributed by atoms with Gasteiger partial charge >= 0.3 is 0 Å². The molecule has 0 spiro atoms. The molecule has 120 valence electrons. The summed E-state index contributed by atoms with van der Waals surface area (Å²) in [6, 6.07) is 17.5.